The second kappa shape index (κ2) is 9.72. The lowest BCUT2D eigenvalue weighted by Crippen LogP contribution is -2.03. The largest absolute Gasteiger partial charge is 0.490 e. The van der Waals surface area contributed by atoms with Crippen molar-refractivity contribution < 1.29 is 9.47 Å². The van der Waals surface area contributed by atoms with E-state index in [0.29, 0.717) is 29.8 Å². The molecule has 0 aromatic heterocycles. The molecule has 0 atom stereocenters. The van der Waals surface area contributed by atoms with Gasteiger partial charge in [0.05, 0.1) is 17.3 Å². The maximum atomic E-state index is 6.21. The van der Waals surface area contributed by atoms with Gasteiger partial charge in [-0.2, -0.15) is 0 Å². The Morgan fingerprint density at radius 2 is 1.57 bits per heavy atom. The molecule has 0 heterocycles. The van der Waals surface area contributed by atoms with Gasteiger partial charge in [0.1, 0.15) is 6.61 Å². The van der Waals surface area contributed by atoms with Crippen molar-refractivity contribution in [3.63, 3.8) is 0 Å². The first-order chi connectivity index (χ1) is 13.5. The van der Waals surface area contributed by atoms with Crippen molar-refractivity contribution in [2.75, 3.05) is 11.9 Å². The third-order valence-corrected chi connectivity index (χ3v) is 4.80. The van der Waals surface area contributed by atoms with E-state index in [4.69, 9.17) is 32.7 Å². The van der Waals surface area contributed by atoms with Crippen molar-refractivity contribution in [3.8, 4) is 11.5 Å². The average Bonchev–Trinajstić information content (AvgIpc) is 2.69. The second-order valence-corrected chi connectivity index (χ2v) is 7.31. The van der Waals surface area contributed by atoms with E-state index < -0.39 is 0 Å². The van der Waals surface area contributed by atoms with E-state index in [1.807, 2.05) is 31.2 Å². The molecule has 0 amide bonds. The van der Waals surface area contributed by atoms with Crippen LogP contribution in [-0.2, 0) is 13.2 Å². The maximum Gasteiger partial charge on any atom is 0.161 e. The first-order valence-electron chi connectivity index (χ1n) is 9.18. The van der Waals surface area contributed by atoms with Crippen LogP contribution in [0.2, 0.25) is 10.0 Å². The molecule has 3 aromatic carbocycles. The van der Waals surface area contributed by atoms with Crippen molar-refractivity contribution >= 4 is 28.9 Å². The maximum absolute atomic E-state index is 6.21. The highest BCUT2D eigenvalue weighted by atomic mass is 35.5. The predicted octanol–water partition coefficient (Wildman–Crippen LogP) is 6.89. The summed E-state index contributed by atoms with van der Waals surface area (Å²) in [5.41, 5.74) is 4.21. The molecule has 0 aliphatic heterocycles. The molecule has 3 aromatic rings. The molecule has 0 aliphatic carbocycles. The van der Waals surface area contributed by atoms with Crippen LogP contribution in [0, 0.1) is 6.92 Å². The van der Waals surface area contributed by atoms with Crippen LogP contribution in [0.15, 0.2) is 60.7 Å². The van der Waals surface area contributed by atoms with Crippen molar-refractivity contribution in [2.24, 2.45) is 0 Å². The molecule has 1 N–H and O–H groups in total. The fraction of sp³-hybridized carbons (Fsp3) is 0.217. The van der Waals surface area contributed by atoms with Crippen molar-refractivity contribution in [2.45, 2.75) is 27.0 Å². The second-order valence-electron chi connectivity index (χ2n) is 6.47. The molecule has 3 rings (SSSR count). The van der Waals surface area contributed by atoms with Gasteiger partial charge in [-0.3, -0.25) is 0 Å². The van der Waals surface area contributed by atoms with Crippen molar-refractivity contribution in [1.29, 1.82) is 0 Å². The summed E-state index contributed by atoms with van der Waals surface area (Å²) in [6, 6.07) is 19.6. The first-order valence-corrected chi connectivity index (χ1v) is 9.93. The van der Waals surface area contributed by atoms with Gasteiger partial charge in [-0.1, -0.05) is 59.1 Å². The zero-order chi connectivity index (χ0) is 19.9. The van der Waals surface area contributed by atoms with E-state index in [2.05, 4.69) is 36.5 Å². The Morgan fingerprint density at radius 1 is 0.821 bits per heavy atom. The molecule has 0 fully saturated rings. The minimum Gasteiger partial charge on any atom is -0.490 e. The zero-order valence-electron chi connectivity index (χ0n) is 16.0. The number of aryl methyl sites for hydroxylation is 1. The normalized spacial score (nSPS) is 10.6. The monoisotopic (exact) mass is 415 g/mol. The molecule has 0 bridgehead atoms. The minimum absolute atomic E-state index is 0.496. The van der Waals surface area contributed by atoms with Gasteiger partial charge in [-0.25, -0.2) is 0 Å². The molecule has 0 unspecified atom stereocenters. The lowest BCUT2D eigenvalue weighted by atomic mass is 10.1. The van der Waals surface area contributed by atoms with Crippen LogP contribution in [-0.4, -0.2) is 6.61 Å². The van der Waals surface area contributed by atoms with Crippen molar-refractivity contribution in [1.82, 2.24) is 0 Å². The summed E-state index contributed by atoms with van der Waals surface area (Å²) >= 11 is 12.3. The molecule has 3 nitrogen and oxygen atoms in total. The first kappa shape index (κ1) is 20.4. The van der Waals surface area contributed by atoms with Gasteiger partial charge in [-0.15, -0.1) is 0 Å². The molecule has 0 spiro atoms. The summed E-state index contributed by atoms with van der Waals surface area (Å²) in [6.07, 6.45) is 0. The Balaban J connectivity index is 1.69. The molecule has 146 valence electrons. The number of hydrogen-bond acceptors (Lipinski definition) is 3. The van der Waals surface area contributed by atoms with E-state index in [1.54, 1.807) is 12.1 Å². The van der Waals surface area contributed by atoms with Crippen LogP contribution < -0.4 is 14.8 Å². The summed E-state index contributed by atoms with van der Waals surface area (Å²) in [7, 11) is 0. The van der Waals surface area contributed by atoms with Crippen molar-refractivity contribution in [3.05, 3.63) is 87.4 Å². The third kappa shape index (κ3) is 5.57. The Kier molecular flexibility index (Phi) is 7.07. The summed E-state index contributed by atoms with van der Waals surface area (Å²) in [4.78, 5) is 0. The van der Waals surface area contributed by atoms with Gasteiger partial charge >= 0.3 is 0 Å². The molecule has 5 heteroatoms. The molecule has 0 saturated carbocycles. The van der Waals surface area contributed by atoms with E-state index in [9.17, 15) is 0 Å². The van der Waals surface area contributed by atoms with Gasteiger partial charge in [0.2, 0.25) is 0 Å². The number of halogens is 2. The van der Waals surface area contributed by atoms with Crippen LogP contribution >= 0.6 is 23.2 Å². The fourth-order valence-electron chi connectivity index (χ4n) is 2.73. The van der Waals surface area contributed by atoms with E-state index in [-0.39, 0.29) is 0 Å². The Hall–Kier alpha value is -2.36. The molecule has 0 saturated heterocycles. The standard InChI is InChI=1S/C23H23Cl2NO2/c1-3-27-23-12-18(14-26-21-13-19(24)9-10-20(21)25)8-11-22(23)28-15-17-6-4-16(2)5-7-17/h4-13,26H,3,14-15H2,1-2H3. The number of hydrogen-bond donors (Lipinski definition) is 1. The lowest BCUT2D eigenvalue weighted by Gasteiger charge is -2.15. The Labute approximate surface area is 176 Å². The topological polar surface area (TPSA) is 30.5 Å². The van der Waals surface area contributed by atoms with Crippen LogP contribution in [0.4, 0.5) is 5.69 Å². The smallest absolute Gasteiger partial charge is 0.161 e. The highest BCUT2D eigenvalue weighted by molar-refractivity contribution is 6.35. The number of nitrogens with one attached hydrogen (secondary N) is 1. The van der Waals surface area contributed by atoms with Gasteiger partial charge in [0.15, 0.2) is 11.5 Å². The van der Waals surface area contributed by atoms with Gasteiger partial charge < -0.3 is 14.8 Å². The highest BCUT2D eigenvalue weighted by Gasteiger charge is 2.08. The van der Waals surface area contributed by atoms with Crippen LogP contribution in [0.1, 0.15) is 23.6 Å². The molecule has 0 aliphatic rings. The number of ether oxygens (including phenoxy) is 2. The van der Waals surface area contributed by atoms with Gasteiger partial charge in [-0.05, 0) is 55.3 Å². The third-order valence-electron chi connectivity index (χ3n) is 4.23. The summed E-state index contributed by atoms with van der Waals surface area (Å²) in [6.45, 7) is 5.69. The minimum atomic E-state index is 0.496. The number of anilines is 1. The summed E-state index contributed by atoms with van der Waals surface area (Å²) in [5.74, 6) is 1.46. The SMILES string of the molecule is CCOc1cc(CNc2cc(Cl)ccc2Cl)ccc1OCc1ccc(C)cc1. The van der Waals surface area contributed by atoms with Crippen LogP contribution in [0.3, 0.4) is 0 Å². The van der Waals surface area contributed by atoms with Crippen LogP contribution in [0.25, 0.3) is 0 Å². The quantitative estimate of drug-likeness (QED) is 0.434. The Morgan fingerprint density at radius 3 is 2.32 bits per heavy atom. The van der Waals surface area contributed by atoms with E-state index in [1.165, 1.54) is 5.56 Å². The zero-order valence-corrected chi connectivity index (χ0v) is 17.5. The summed E-state index contributed by atoms with van der Waals surface area (Å²) in [5, 5.41) is 4.58. The number of rotatable bonds is 8. The van der Waals surface area contributed by atoms with E-state index in [0.717, 1.165) is 28.3 Å². The Bertz CT molecular complexity index is 926. The number of benzene rings is 3. The summed E-state index contributed by atoms with van der Waals surface area (Å²) < 4.78 is 11.8. The van der Waals surface area contributed by atoms with Crippen LogP contribution in [0.5, 0.6) is 11.5 Å². The average molecular weight is 416 g/mol. The molecule has 0 radical (unpaired) electrons. The fourth-order valence-corrected chi connectivity index (χ4v) is 3.08. The predicted molar refractivity (Wildman–Crippen MR) is 117 cm³/mol. The van der Waals surface area contributed by atoms with Gasteiger partial charge in [0.25, 0.3) is 0 Å². The highest BCUT2D eigenvalue weighted by Crippen LogP contribution is 2.31. The molecule has 28 heavy (non-hydrogen) atoms. The lowest BCUT2D eigenvalue weighted by molar-refractivity contribution is 0.269. The molecular formula is C23H23Cl2NO2. The van der Waals surface area contributed by atoms with E-state index >= 15 is 0 Å². The molecular weight excluding hydrogens is 393 g/mol. The van der Waals surface area contributed by atoms with Gasteiger partial charge in [0, 0.05) is 11.6 Å².